The second-order valence-electron chi connectivity index (χ2n) is 4.08. The summed E-state index contributed by atoms with van der Waals surface area (Å²) in [6.45, 7) is 0. The van der Waals surface area contributed by atoms with Crippen LogP contribution in [0.2, 0.25) is 0 Å². The van der Waals surface area contributed by atoms with Crippen molar-refractivity contribution in [3.8, 4) is 0 Å². The molecule has 2 rings (SSSR count). The number of carbonyl (C=O) groups is 1. The van der Waals surface area contributed by atoms with Crippen molar-refractivity contribution in [2.24, 2.45) is 11.8 Å². The van der Waals surface area contributed by atoms with Gasteiger partial charge < -0.3 is 5.53 Å². The average molecular weight is 279 g/mol. The minimum Gasteiger partial charge on any atom is -0.361 e. The van der Waals surface area contributed by atoms with Gasteiger partial charge in [-0.3, -0.25) is 4.79 Å². The molecule has 0 aliphatic heterocycles. The first kappa shape index (κ1) is 11.2. The third-order valence-corrected chi connectivity index (χ3v) is 3.41. The number of rotatable bonds is 4. The summed E-state index contributed by atoms with van der Waals surface area (Å²) in [5.41, 5.74) is 9.50. The Hall–Kier alpha value is -1.25. The molecule has 2 atom stereocenters. The van der Waals surface area contributed by atoms with E-state index in [0.29, 0.717) is 5.92 Å². The molecule has 1 aromatic rings. The van der Waals surface area contributed by atoms with Gasteiger partial charge in [0.15, 0.2) is 0 Å². The third-order valence-electron chi connectivity index (χ3n) is 2.88. The molecule has 0 amide bonds. The van der Waals surface area contributed by atoms with E-state index >= 15 is 0 Å². The monoisotopic (exact) mass is 278 g/mol. The highest BCUT2D eigenvalue weighted by atomic mass is 79.9. The second-order valence-corrected chi connectivity index (χ2v) is 5.00. The summed E-state index contributed by atoms with van der Waals surface area (Å²) < 4.78 is 1.06. The number of ketones is 1. The quantitative estimate of drug-likeness (QED) is 0.474. The molecule has 0 radical (unpaired) electrons. The minimum absolute atomic E-state index is 0.0551. The molecule has 0 N–H and O–H groups in total. The number of nitrogens with zero attached hydrogens (tertiary/aromatic N) is 2. The number of benzene rings is 1. The maximum atomic E-state index is 11.3. The summed E-state index contributed by atoms with van der Waals surface area (Å²) in [4.78, 5) is 14.1. The van der Waals surface area contributed by atoms with Crippen LogP contribution in [0.3, 0.4) is 0 Å². The van der Waals surface area contributed by atoms with E-state index in [1.54, 1.807) is 0 Å². The standard InChI is InChI=1S/C12H11BrN2O/c13-10-3-1-8(2-4-10)5-9-6-11(9)12(16)7-15-14/h1-4,7,9,11H,5-6H2. The highest BCUT2D eigenvalue weighted by Gasteiger charge is 2.43. The average Bonchev–Trinajstić information content (AvgIpc) is 3.01. The van der Waals surface area contributed by atoms with Gasteiger partial charge in [-0.1, -0.05) is 28.1 Å². The Morgan fingerprint density at radius 2 is 2.19 bits per heavy atom. The van der Waals surface area contributed by atoms with Crippen LogP contribution in [0.4, 0.5) is 0 Å². The molecule has 0 aromatic heterocycles. The van der Waals surface area contributed by atoms with E-state index in [0.717, 1.165) is 23.5 Å². The van der Waals surface area contributed by atoms with Crippen molar-refractivity contribution in [2.75, 3.05) is 0 Å². The van der Waals surface area contributed by atoms with Gasteiger partial charge in [-0.25, -0.2) is 0 Å². The van der Waals surface area contributed by atoms with E-state index in [9.17, 15) is 4.79 Å². The van der Waals surface area contributed by atoms with Crippen LogP contribution in [-0.4, -0.2) is 16.8 Å². The molecular weight excluding hydrogens is 268 g/mol. The summed E-state index contributed by atoms with van der Waals surface area (Å²) in [7, 11) is 0. The molecule has 4 heteroatoms. The molecule has 0 heterocycles. The van der Waals surface area contributed by atoms with Crippen molar-refractivity contribution in [2.45, 2.75) is 12.8 Å². The lowest BCUT2D eigenvalue weighted by molar-refractivity contribution is -0.117. The van der Waals surface area contributed by atoms with Crippen molar-refractivity contribution in [3.63, 3.8) is 0 Å². The lowest BCUT2D eigenvalue weighted by Crippen LogP contribution is -2.05. The van der Waals surface area contributed by atoms with Crippen LogP contribution >= 0.6 is 15.9 Å². The normalized spacial score (nSPS) is 22.3. The molecule has 1 saturated carbocycles. The van der Waals surface area contributed by atoms with E-state index in [4.69, 9.17) is 5.53 Å². The second kappa shape index (κ2) is 4.73. The van der Waals surface area contributed by atoms with Crippen LogP contribution in [0.1, 0.15) is 12.0 Å². The first-order chi connectivity index (χ1) is 7.70. The van der Waals surface area contributed by atoms with Gasteiger partial charge >= 0.3 is 6.21 Å². The summed E-state index contributed by atoms with van der Waals surface area (Å²) in [6, 6.07) is 8.13. The predicted molar refractivity (Wildman–Crippen MR) is 64.1 cm³/mol. The van der Waals surface area contributed by atoms with E-state index in [1.165, 1.54) is 5.56 Å². The Bertz CT molecular complexity index is 449. The van der Waals surface area contributed by atoms with Crippen LogP contribution in [0.5, 0.6) is 0 Å². The fourth-order valence-corrected chi connectivity index (χ4v) is 2.16. The highest BCUT2D eigenvalue weighted by molar-refractivity contribution is 9.10. The zero-order valence-corrected chi connectivity index (χ0v) is 10.2. The molecule has 3 nitrogen and oxygen atoms in total. The topological polar surface area (TPSA) is 53.5 Å². The molecule has 16 heavy (non-hydrogen) atoms. The van der Waals surface area contributed by atoms with E-state index in [2.05, 4.69) is 32.9 Å². The summed E-state index contributed by atoms with van der Waals surface area (Å²) in [5.74, 6) is 0.399. The zero-order chi connectivity index (χ0) is 11.5. The molecule has 0 saturated heterocycles. The van der Waals surface area contributed by atoms with E-state index in [-0.39, 0.29) is 11.7 Å². The Morgan fingerprint density at radius 1 is 1.50 bits per heavy atom. The van der Waals surface area contributed by atoms with Crippen LogP contribution in [0.25, 0.3) is 5.53 Å². The van der Waals surface area contributed by atoms with Crippen LogP contribution in [-0.2, 0) is 11.2 Å². The molecular formula is C12H11BrN2O. The fourth-order valence-electron chi connectivity index (χ4n) is 1.90. The highest BCUT2D eigenvalue weighted by Crippen LogP contribution is 2.41. The van der Waals surface area contributed by atoms with Gasteiger partial charge in [0.1, 0.15) is 0 Å². The lowest BCUT2D eigenvalue weighted by Gasteiger charge is -1.99. The molecule has 1 aromatic carbocycles. The third kappa shape index (κ3) is 2.65. The van der Waals surface area contributed by atoms with Crippen LogP contribution in [0, 0.1) is 11.8 Å². The number of Topliss-reactive ketones (excluding diaryl/α,β-unsaturated/α-hetero) is 1. The number of halogens is 1. The number of hydrogen-bond acceptors (Lipinski definition) is 1. The first-order valence-electron chi connectivity index (χ1n) is 5.16. The number of carbonyl (C=O) groups excluding carboxylic acids is 1. The van der Waals surface area contributed by atoms with Gasteiger partial charge in [0.25, 0.3) is 0 Å². The molecule has 82 valence electrons. The first-order valence-corrected chi connectivity index (χ1v) is 5.95. The molecule has 0 spiro atoms. The van der Waals surface area contributed by atoms with Gasteiger partial charge in [-0.05, 0) is 36.5 Å². The summed E-state index contributed by atoms with van der Waals surface area (Å²) in [5, 5.41) is 0. The smallest absolute Gasteiger partial charge is 0.323 e. The largest absolute Gasteiger partial charge is 0.361 e. The Kier molecular flexibility index (Phi) is 3.32. The van der Waals surface area contributed by atoms with Gasteiger partial charge in [0.2, 0.25) is 5.78 Å². The molecule has 1 fully saturated rings. The summed E-state index contributed by atoms with van der Waals surface area (Å²) >= 11 is 3.38. The van der Waals surface area contributed by atoms with Crippen LogP contribution in [0.15, 0.2) is 28.7 Å². The van der Waals surface area contributed by atoms with Gasteiger partial charge in [-0.2, -0.15) is 4.79 Å². The summed E-state index contributed by atoms with van der Waals surface area (Å²) in [6.07, 6.45) is 2.83. The van der Waals surface area contributed by atoms with E-state index in [1.807, 2.05) is 12.1 Å². The molecule has 2 unspecified atom stereocenters. The predicted octanol–water partition coefficient (Wildman–Crippen LogP) is 2.50. The van der Waals surface area contributed by atoms with Gasteiger partial charge in [0.05, 0.1) is 0 Å². The molecule has 1 aliphatic carbocycles. The fraction of sp³-hybridized carbons (Fsp3) is 0.333. The molecule has 1 aliphatic rings. The maximum absolute atomic E-state index is 11.3. The Balaban J connectivity index is 1.92. The maximum Gasteiger partial charge on any atom is 0.323 e. The van der Waals surface area contributed by atoms with Crippen molar-refractivity contribution in [3.05, 3.63) is 39.8 Å². The van der Waals surface area contributed by atoms with Crippen molar-refractivity contribution < 1.29 is 9.58 Å². The number of hydrogen-bond donors (Lipinski definition) is 0. The van der Waals surface area contributed by atoms with Crippen molar-refractivity contribution >= 4 is 27.9 Å². The van der Waals surface area contributed by atoms with Crippen LogP contribution < -0.4 is 0 Å². The van der Waals surface area contributed by atoms with Gasteiger partial charge in [-0.15, -0.1) is 0 Å². The Labute approximate surface area is 102 Å². The SMILES string of the molecule is [N-]=[N+]=CC(=O)C1CC1Cc1ccc(Br)cc1. The van der Waals surface area contributed by atoms with Gasteiger partial charge in [0, 0.05) is 10.4 Å². The Morgan fingerprint density at radius 3 is 2.81 bits per heavy atom. The zero-order valence-electron chi connectivity index (χ0n) is 8.64. The molecule has 0 bridgehead atoms. The van der Waals surface area contributed by atoms with Crippen molar-refractivity contribution in [1.29, 1.82) is 0 Å². The lowest BCUT2D eigenvalue weighted by atomic mass is 10.1. The van der Waals surface area contributed by atoms with E-state index < -0.39 is 0 Å². The van der Waals surface area contributed by atoms with Crippen molar-refractivity contribution in [1.82, 2.24) is 0 Å². The minimum atomic E-state index is -0.0652.